The molecule has 88 valence electrons. The SMILES string of the molecule is Cc1ccc(NCC2CCCCC2)c(Br)c1. The molecule has 16 heavy (non-hydrogen) atoms. The third-order valence-electron chi connectivity index (χ3n) is 3.43. The Morgan fingerprint density at radius 2 is 2.00 bits per heavy atom. The number of aryl methyl sites for hydroxylation is 1. The molecule has 0 aliphatic heterocycles. The summed E-state index contributed by atoms with van der Waals surface area (Å²) in [5.41, 5.74) is 2.53. The van der Waals surface area contributed by atoms with Crippen LogP contribution in [0, 0.1) is 12.8 Å². The second-order valence-corrected chi connectivity index (χ2v) is 5.72. The molecule has 0 radical (unpaired) electrons. The summed E-state index contributed by atoms with van der Waals surface area (Å²) < 4.78 is 1.18. The predicted octanol–water partition coefficient (Wildman–Crippen LogP) is 4.75. The van der Waals surface area contributed by atoms with Crippen molar-refractivity contribution in [2.24, 2.45) is 5.92 Å². The van der Waals surface area contributed by atoms with Crippen molar-refractivity contribution in [1.29, 1.82) is 0 Å². The Hall–Kier alpha value is -0.500. The van der Waals surface area contributed by atoms with Crippen LogP contribution in [0.3, 0.4) is 0 Å². The zero-order chi connectivity index (χ0) is 11.4. The summed E-state index contributed by atoms with van der Waals surface area (Å²) in [6, 6.07) is 6.50. The number of benzene rings is 1. The molecule has 0 spiro atoms. The molecule has 0 atom stereocenters. The van der Waals surface area contributed by atoms with Gasteiger partial charge in [0.1, 0.15) is 0 Å². The first-order valence-electron chi connectivity index (χ1n) is 6.26. The minimum Gasteiger partial charge on any atom is -0.384 e. The van der Waals surface area contributed by atoms with E-state index in [1.165, 1.54) is 47.8 Å². The second-order valence-electron chi connectivity index (χ2n) is 4.87. The third kappa shape index (κ3) is 3.24. The van der Waals surface area contributed by atoms with Gasteiger partial charge in [-0.2, -0.15) is 0 Å². The summed E-state index contributed by atoms with van der Waals surface area (Å²) >= 11 is 3.61. The summed E-state index contributed by atoms with van der Waals surface area (Å²) in [5.74, 6) is 0.877. The van der Waals surface area contributed by atoms with Crippen LogP contribution in [0.25, 0.3) is 0 Å². The van der Waals surface area contributed by atoms with Gasteiger partial charge < -0.3 is 5.32 Å². The molecule has 1 fully saturated rings. The van der Waals surface area contributed by atoms with E-state index in [2.05, 4.69) is 46.4 Å². The fourth-order valence-electron chi connectivity index (χ4n) is 2.41. The highest BCUT2D eigenvalue weighted by atomic mass is 79.9. The van der Waals surface area contributed by atoms with Gasteiger partial charge in [0.05, 0.1) is 0 Å². The van der Waals surface area contributed by atoms with E-state index in [0.717, 1.165) is 12.5 Å². The van der Waals surface area contributed by atoms with Crippen molar-refractivity contribution in [3.05, 3.63) is 28.2 Å². The first-order chi connectivity index (χ1) is 7.75. The van der Waals surface area contributed by atoms with Crippen molar-refractivity contribution < 1.29 is 0 Å². The number of hydrogen-bond acceptors (Lipinski definition) is 1. The molecule has 2 rings (SSSR count). The van der Waals surface area contributed by atoms with Gasteiger partial charge in [0.2, 0.25) is 0 Å². The zero-order valence-electron chi connectivity index (χ0n) is 9.93. The highest BCUT2D eigenvalue weighted by Gasteiger charge is 2.13. The third-order valence-corrected chi connectivity index (χ3v) is 4.09. The first-order valence-corrected chi connectivity index (χ1v) is 7.05. The van der Waals surface area contributed by atoms with Crippen LogP contribution in [0.2, 0.25) is 0 Å². The maximum atomic E-state index is 3.61. The number of hydrogen-bond donors (Lipinski definition) is 1. The summed E-state index contributed by atoms with van der Waals surface area (Å²) in [6.07, 6.45) is 7.07. The minimum absolute atomic E-state index is 0.877. The smallest absolute Gasteiger partial charge is 0.0484 e. The topological polar surface area (TPSA) is 12.0 Å². The minimum atomic E-state index is 0.877. The molecule has 1 aromatic rings. The fourth-order valence-corrected chi connectivity index (χ4v) is 3.04. The van der Waals surface area contributed by atoms with Gasteiger partial charge in [0, 0.05) is 16.7 Å². The van der Waals surface area contributed by atoms with E-state index in [4.69, 9.17) is 0 Å². The lowest BCUT2D eigenvalue weighted by Crippen LogP contribution is -2.17. The van der Waals surface area contributed by atoms with E-state index in [1.54, 1.807) is 0 Å². The van der Waals surface area contributed by atoms with Gasteiger partial charge in [-0.15, -0.1) is 0 Å². The summed E-state index contributed by atoms with van der Waals surface area (Å²) in [7, 11) is 0. The van der Waals surface area contributed by atoms with Crippen LogP contribution in [0.1, 0.15) is 37.7 Å². The van der Waals surface area contributed by atoms with Crippen LogP contribution in [-0.2, 0) is 0 Å². The fraction of sp³-hybridized carbons (Fsp3) is 0.571. The summed E-state index contributed by atoms with van der Waals surface area (Å²) in [6.45, 7) is 3.25. The Balaban J connectivity index is 1.88. The van der Waals surface area contributed by atoms with Crippen molar-refractivity contribution in [3.8, 4) is 0 Å². The molecule has 0 heterocycles. The second kappa shape index (κ2) is 5.72. The Morgan fingerprint density at radius 3 is 2.69 bits per heavy atom. The van der Waals surface area contributed by atoms with Gasteiger partial charge in [0.25, 0.3) is 0 Å². The Bertz CT molecular complexity index is 343. The van der Waals surface area contributed by atoms with Crippen LogP contribution in [0.15, 0.2) is 22.7 Å². The van der Waals surface area contributed by atoms with Crippen LogP contribution < -0.4 is 5.32 Å². The Morgan fingerprint density at radius 1 is 1.25 bits per heavy atom. The highest BCUT2D eigenvalue weighted by Crippen LogP contribution is 2.27. The lowest BCUT2D eigenvalue weighted by atomic mass is 9.89. The predicted molar refractivity (Wildman–Crippen MR) is 73.9 cm³/mol. The molecule has 0 amide bonds. The van der Waals surface area contributed by atoms with Crippen LogP contribution in [-0.4, -0.2) is 6.54 Å². The van der Waals surface area contributed by atoms with Gasteiger partial charge >= 0.3 is 0 Å². The van der Waals surface area contributed by atoms with Gasteiger partial charge in [-0.05, 0) is 59.3 Å². The molecule has 1 aliphatic rings. The maximum absolute atomic E-state index is 3.61. The van der Waals surface area contributed by atoms with E-state index in [1.807, 2.05) is 0 Å². The van der Waals surface area contributed by atoms with Gasteiger partial charge in [-0.3, -0.25) is 0 Å². The zero-order valence-corrected chi connectivity index (χ0v) is 11.5. The molecule has 1 aliphatic carbocycles. The van der Waals surface area contributed by atoms with Crippen molar-refractivity contribution in [1.82, 2.24) is 0 Å². The van der Waals surface area contributed by atoms with Crippen molar-refractivity contribution in [2.45, 2.75) is 39.0 Å². The number of anilines is 1. The van der Waals surface area contributed by atoms with Gasteiger partial charge in [-0.25, -0.2) is 0 Å². The lowest BCUT2D eigenvalue weighted by Gasteiger charge is -2.22. The molecule has 0 bridgehead atoms. The normalized spacial score (nSPS) is 17.4. The van der Waals surface area contributed by atoms with E-state index >= 15 is 0 Å². The molecule has 0 unspecified atom stereocenters. The summed E-state index contributed by atoms with van der Waals surface area (Å²) in [5, 5.41) is 3.56. The standard InChI is InChI=1S/C14H20BrN/c1-11-7-8-14(13(15)9-11)16-10-12-5-3-2-4-6-12/h7-9,12,16H,2-6,10H2,1H3. The number of halogens is 1. The molecule has 0 saturated heterocycles. The van der Waals surface area contributed by atoms with E-state index in [-0.39, 0.29) is 0 Å². The van der Waals surface area contributed by atoms with Crippen LogP contribution in [0.4, 0.5) is 5.69 Å². The van der Waals surface area contributed by atoms with E-state index in [0.29, 0.717) is 0 Å². The van der Waals surface area contributed by atoms with Crippen LogP contribution >= 0.6 is 15.9 Å². The lowest BCUT2D eigenvalue weighted by molar-refractivity contribution is 0.373. The van der Waals surface area contributed by atoms with Gasteiger partial charge in [0.15, 0.2) is 0 Å². The average Bonchev–Trinajstić information content (AvgIpc) is 2.29. The van der Waals surface area contributed by atoms with Crippen molar-refractivity contribution in [3.63, 3.8) is 0 Å². The maximum Gasteiger partial charge on any atom is 0.0484 e. The molecule has 1 N–H and O–H groups in total. The Kier molecular flexibility index (Phi) is 4.28. The molecule has 1 aromatic carbocycles. The quantitative estimate of drug-likeness (QED) is 0.843. The van der Waals surface area contributed by atoms with Gasteiger partial charge in [-0.1, -0.05) is 25.3 Å². The van der Waals surface area contributed by atoms with Crippen molar-refractivity contribution >= 4 is 21.6 Å². The molecule has 2 heteroatoms. The van der Waals surface area contributed by atoms with E-state index in [9.17, 15) is 0 Å². The molecule has 1 saturated carbocycles. The first kappa shape index (κ1) is 12.0. The van der Waals surface area contributed by atoms with Crippen LogP contribution in [0.5, 0.6) is 0 Å². The monoisotopic (exact) mass is 281 g/mol. The highest BCUT2D eigenvalue weighted by molar-refractivity contribution is 9.10. The summed E-state index contributed by atoms with van der Waals surface area (Å²) in [4.78, 5) is 0. The Labute approximate surface area is 107 Å². The number of rotatable bonds is 3. The van der Waals surface area contributed by atoms with E-state index < -0.39 is 0 Å². The molecule has 1 nitrogen and oxygen atoms in total. The largest absolute Gasteiger partial charge is 0.384 e. The molecular formula is C14H20BrN. The van der Waals surface area contributed by atoms with Crippen molar-refractivity contribution in [2.75, 3.05) is 11.9 Å². The molecule has 0 aromatic heterocycles. The average molecular weight is 282 g/mol. The number of nitrogens with one attached hydrogen (secondary N) is 1. The molecular weight excluding hydrogens is 262 g/mol.